The van der Waals surface area contributed by atoms with Crippen LogP contribution in [0.5, 0.6) is 0 Å². The molecule has 1 saturated carbocycles. The second-order valence-electron chi connectivity index (χ2n) is 8.10. The number of hydrogen-bond acceptors (Lipinski definition) is 4. The van der Waals surface area contributed by atoms with Gasteiger partial charge in [-0.25, -0.2) is 4.98 Å². The van der Waals surface area contributed by atoms with Gasteiger partial charge in [0.05, 0.1) is 17.9 Å². The molecule has 0 N–H and O–H groups in total. The van der Waals surface area contributed by atoms with Crippen molar-refractivity contribution in [1.82, 2.24) is 19.2 Å². The van der Waals surface area contributed by atoms with Crippen molar-refractivity contribution in [3.8, 4) is 0 Å². The van der Waals surface area contributed by atoms with E-state index in [0.717, 1.165) is 29.2 Å². The Morgan fingerprint density at radius 2 is 2.12 bits per heavy atom. The smallest absolute Gasteiger partial charge is 0.259 e. The third-order valence-corrected chi connectivity index (χ3v) is 6.67. The van der Waals surface area contributed by atoms with E-state index in [1.807, 2.05) is 9.08 Å². The van der Waals surface area contributed by atoms with Crippen LogP contribution in [-0.4, -0.2) is 19.2 Å². The van der Waals surface area contributed by atoms with Gasteiger partial charge in [-0.05, 0) is 38.7 Å². The quantitative estimate of drug-likeness (QED) is 0.724. The maximum Gasteiger partial charge on any atom is 0.259 e. The van der Waals surface area contributed by atoms with Crippen molar-refractivity contribution in [2.75, 3.05) is 0 Å². The number of aromatic nitrogens is 4. The minimum absolute atomic E-state index is 0.0414. The Balaban J connectivity index is 1.56. The van der Waals surface area contributed by atoms with Crippen LogP contribution in [0, 0.1) is 6.92 Å². The van der Waals surface area contributed by atoms with E-state index in [2.05, 4.69) is 26.8 Å². The van der Waals surface area contributed by atoms with Crippen LogP contribution < -0.4 is 5.56 Å². The van der Waals surface area contributed by atoms with Crippen LogP contribution in [0.15, 0.2) is 16.9 Å². The highest BCUT2D eigenvalue weighted by Gasteiger charge is 2.35. The molecule has 0 amide bonds. The van der Waals surface area contributed by atoms with Crippen molar-refractivity contribution in [1.29, 1.82) is 0 Å². The molecule has 0 aromatic carbocycles. The van der Waals surface area contributed by atoms with E-state index >= 15 is 0 Å². The van der Waals surface area contributed by atoms with E-state index in [9.17, 15) is 4.79 Å². The Morgan fingerprint density at radius 1 is 1.32 bits per heavy atom. The SMILES string of the molecule is Cc1cc(C2CC2)nn1Cc1cc(=O)n2c3c(sc2n1)CCC3(C)C. The maximum atomic E-state index is 12.8. The summed E-state index contributed by atoms with van der Waals surface area (Å²) in [6.07, 6.45) is 4.65. The summed E-state index contributed by atoms with van der Waals surface area (Å²) >= 11 is 1.67. The summed E-state index contributed by atoms with van der Waals surface area (Å²) in [5, 5.41) is 4.72. The number of fused-ring (bicyclic) bond motifs is 3. The summed E-state index contributed by atoms with van der Waals surface area (Å²) in [4.78, 5) is 19.7. The third kappa shape index (κ3) is 2.38. The second-order valence-corrected chi connectivity index (χ2v) is 9.17. The van der Waals surface area contributed by atoms with Gasteiger partial charge < -0.3 is 0 Å². The first-order chi connectivity index (χ1) is 11.9. The van der Waals surface area contributed by atoms with E-state index in [1.54, 1.807) is 17.4 Å². The van der Waals surface area contributed by atoms with Crippen LogP contribution >= 0.6 is 11.3 Å². The molecule has 3 aromatic rings. The van der Waals surface area contributed by atoms with Crippen molar-refractivity contribution in [3.63, 3.8) is 0 Å². The van der Waals surface area contributed by atoms with Crippen molar-refractivity contribution in [2.45, 2.75) is 64.3 Å². The van der Waals surface area contributed by atoms with E-state index in [1.165, 1.54) is 29.1 Å². The molecule has 3 heterocycles. The Kier molecular flexibility index (Phi) is 3.08. The lowest BCUT2D eigenvalue weighted by Gasteiger charge is -2.18. The zero-order valence-electron chi connectivity index (χ0n) is 14.9. The minimum Gasteiger partial charge on any atom is -0.269 e. The van der Waals surface area contributed by atoms with Gasteiger partial charge in [-0.15, -0.1) is 11.3 Å². The summed E-state index contributed by atoms with van der Waals surface area (Å²) in [5.74, 6) is 0.642. The van der Waals surface area contributed by atoms with E-state index in [-0.39, 0.29) is 11.0 Å². The Morgan fingerprint density at radius 3 is 2.88 bits per heavy atom. The molecule has 0 unspecified atom stereocenters. The zero-order valence-corrected chi connectivity index (χ0v) is 15.7. The predicted octanol–water partition coefficient (Wildman–Crippen LogP) is 3.41. The number of thiazole rings is 1. The van der Waals surface area contributed by atoms with Crippen LogP contribution in [0.4, 0.5) is 0 Å². The van der Waals surface area contributed by atoms with Crippen LogP contribution in [0.2, 0.25) is 0 Å². The van der Waals surface area contributed by atoms with Gasteiger partial charge in [0.25, 0.3) is 5.56 Å². The summed E-state index contributed by atoms with van der Waals surface area (Å²) in [6.45, 7) is 7.08. The largest absolute Gasteiger partial charge is 0.269 e. The summed E-state index contributed by atoms with van der Waals surface area (Å²) < 4.78 is 3.82. The highest BCUT2D eigenvalue weighted by atomic mass is 32.1. The highest BCUT2D eigenvalue weighted by Crippen LogP contribution is 2.42. The molecule has 5 rings (SSSR count). The molecule has 0 spiro atoms. The molecular weight excluding hydrogens is 332 g/mol. The lowest BCUT2D eigenvalue weighted by Crippen LogP contribution is -2.23. The first-order valence-electron chi connectivity index (χ1n) is 9.01. The van der Waals surface area contributed by atoms with E-state index < -0.39 is 0 Å². The fraction of sp³-hybridized carbons (Fsp3) is 0.526. The van der Waals surface area contributed by atoms with Gasteiger partial charge in [0.1, 0.15) is 0 Å². The number of nitrogens with zero attached hydrogens (tertiary/aromatic N) is 4. The average molecular weight is 354 g/mol. The van der Waals surface area contributed by atoms with Gasteiger partial charge in [0.2, 0.25) is 0 Å². The third-order valence-electron chi connectivity index (χ3n) is 5.57. The van der Waals surface area contributed by atoms with Gasteiger partial charge in [0.15, 0.2) is 4.96 Å². The van der Waals surface area contributed by atoms with Gasteiger partial charge in [0, 0.05) is 33.7 Å². The minimum atomic E-state index is 0.0414. The van der Waals surface area contributed by atoms with E-state index in [4.69, 9.17) is 10.1 Å². The lowest BCUT2D eigenvalue weighted by atomic mass is 9.91. The lowest BCUT2D eigenvalue weighted by molar-refractivity contribution is 0.502. The van der Waals surface area contributed by atoms with E-state index in [0.29, 0.717) is 12.5 Å². The molecule has 25 heavy (non-hydrogen) atoms. The van der Waals surface area contributed by atoms with Crippen LogP contribution in [0.3, 0.4) is 0 Å². The monoisotopic (exact) mass is 354 g/mol. The van der Waals surface area contributed by atoms with Crippen molar-refractivity contribution >= 4 is 16.3 Å². The molecule has 3 aromatic heterocycles. The van der Waals surface area contributed by atoms with Crippen molar-refractivity contribution in [2.24, 2.45) is 0 Å². The molecule has 0 saturated heterocycles. The van der Waals surface area contributed by atoms with Crippen molar-refractivity contribution < 1.29 is 0 Å². The molecule has 130 valence electrons. The van der Waals surface area contributed by atoms with Gasteiger partial charge in [-0.3, -0.25) is 13.9 Å². The first-order valence-corrected chi connectivity index (χ1v) is 9.83. The summed E-state index contributed by atoms with van der Waals surface area (Å²) in [6, 6.07) is 3.86. The van der Waals surface area contributed by atoms with Crippen LogP contribution in [0.25, 0.3) is 4.96 Å². The molecule has 0 atom stereocenters. The molecular formula is C19H22N4OS. The molecule has 1 fully saturated rings. The maximum absolute atomic E-state index is 12.8. The standard InChI is InChI=1S/C19H22N4OS/c1-11-8-14(12-4-5-12)21-22(11)10-13-9-16(24)23-17-15(25-18(23)20-13)6-7-19(17,2)3/h8-9,12H,4-7,10H2,1-3H3. The number of aryl methyl sites for hydroxylation is 2. The fourth-order valence-corrected chi connectivity index (χ4v) is 5.29. The van der Waals surface area contributed by atoms with Gasteiger partial charge in [-0.1, -0.05) is 13.8 Å². The van der Waals surface area contributed by atoms with Crippen LogP contribution in [-0.2, 0) is 18.4 Å². The Bertz CT molecular complexity index is 1050. The summed E-state index contributed by atoms with van der Waals surface area (Å²) in [7, 11) is 0. The van der Waals surface area contributed by atoms with Crippen LogP contribution in [0.1, 0.15) is 66.7 Å². The molecule has 0 aliphatic heterocycles. The highest BCUT2D eigenvalue weighted by molar-refractivity contribution is 7.17. The van der Waals surface area contributed by atoms with Gasteiger partial charge >= 0.3 is 0 Å². The fourth-order valence-electron chi connectivity index (χ4n) is 3.97. The molecule has 6 heteroatoms. The number of hydrogen-bond donors (Lipinski definition) is 0. The number of rotatable bonds is 3. The Hall–Kier alpha value is -1.95. The summed E-state index contributed by atoms with van der Waals surface area (Å²) in [5.41, 5.74) is 4.39. The topological polar surface area (TPSA) is 52.2 Å². The molecule has 0 bridgehead atoms. The first kappa shape index (κ1) is 15.3. The normalized spacial score (nSPS) is 18.8. The predicted molar refractivity (Wildman–Crippen MR) is 98.7 cm³/mol. The van der Waals surface area contributed by atoms with Gasteiger partial charge in [-0.2, -0.15) is 5.10 Å². The molecule has 2 aliphatic rings. The average Bonchev–Trinajstić information content (AvgIpc) is 3.14. The zero-order chi connectivity index (χ0) is 17.3. The molecule has 2 aliphatic carbocycles. The van der Waals surface area contributed by atoms with Crippen molar-refractivity contribution in [3.05, 3.63) is 50.1 Å². The Labute approximate surface area is 150 Å². The molecule has 0 radical (unpaired) electrons. The second kappa shape index (κ2) is 5.04. The molecule has 5 nitrogen and oxygen atoms in total.